The summed E-state index contributed by atoms with van der Waals surface area (Å²) in [4.78, 5) is 25.7. The van der Waals surface area contributed by atoms with Crippen LogP contribution in [0, 0.1) is 0 Å². The van der Waals surface area contributed by atoms with Gasteiger partial charge < -0.3 is 19.9 Å². The predicted octanol–water partition coefficient (Wildman–Crippen LogP) is -0.540. The Morgan fingerprint density at radius 2 is 2.12 bits per heavy atom. The van der Waals surface area contributed by atoms with Crippen LogP contribution in [0.2, 0.25) is 0 Å². The summed E-state index contributed by atoms with van der Waals surface area (Å²) in [5.74, 6) is -0.253. The highest BCUT2D eigenvalue weighted by atomic mass is 19.3. The molecule has 2 rings (SSSR count). The first kappa shape index (κ1) is 12.0. The van der Waals surface area contributed by atoms with Crippen molar-refractivity contribution in [2.24, 2.45) is 0 Å². The number of hydrogen-bond acceptors (Lipinski definition) is 3. The molecule has 17 heavy (non-hydrogen) atoms. The van der Waals surface area contributed by atoms with Crippen LogP contribution in [0.3, 0.4) is 0 Å². The van der Waals surface area contributed by atoms with Gasteiger partial charge in [-0.1, -0.05) is 0 Å². The van der Waals surface area contributed by atoms with Gasteiger partial charge >= 0.3 is 12.6 Å². The van der Waals surface area contributed by atoms with Crippen LogP contribution in [0.25, 0.3) is 0 Å². The molecule has 0 radical (unpaired) electrons. The van der Waals surface area contributed by atoms with E-state index in [4.69, 9.17) is 0 Å². The molecule has 0 spiro atoms. The first-order valence-corrected chi connectivity index (χ1v) is 5.21. The van der Waals surface area contributed by atoms with E-state index in [1.54, 1.807) is 7.05 Å². The molecule has 2 fully saturated rings. The third kappa shape index (κ3) is 2.46. The number of rotatable bonds is 3. The highest BCUT2D eigenvalue weighted by Gasteiger charge is 2.40. The number of carbonyl (C=O) groups is 2. The van der Waals surface area contributed by atoms with Crippen LogP contribution in [-0.2, 0) is 9.53 Å². The number of nitrogens with zero attached hydrogens (tertiary/aromatic N) is 2. The summed E-state index contributed by atoms with van der Waals surface area (Å²) in [5, 5.41) is 2.51. The Morgan fingerprint density at radius 3 is 2.59 bits per heavy atom. The highest BCUT2D eigenvalue weighted by molar-refractivity contribution is 5.90. The lowest BCUT2D eigenvalue weighted by Crippen LogP contribution is -2.59. The smallest absolute Gasteiger partial charge is 0.335 e. The third-order valence-electron chi connectivity index (χ3n) is 2.85. The number of carbonyl (C=O) groups excluding carboxylic acids is 2. The van der Waals surface area contributed by atoms with Crippen LogP contribution in [0.15, 0.2) is 0 Å². The molecule has 0 bridgehead atoms. The average Bonchev–Trinajstić information content (AvgIpc) is 2.51. The summed E-state index contributed by atoms with van der Waals surface area (Å²) in [6.07, 6.45) is -0.603. The first-order chi connectivity index (χ1) is 7.97. The average molecular weight is 249 g/mol. The minimum absolute atomic E-state index is 0.152. The Bertz CT molecular complexity index is 333. The second-order valence-electron chi connectivity index (χ2n) is 4.14. The van der Waals surface area contributed by atoms with Crippen LogP contribution in [-0.4, -0.2) is 67.2 Å². The van der Waals surface area contributed by atoms with Crippen LogP contribution in [0.5, 0.6) is 0 Å². The zero-order valence-corrected chi connectivity index (χ0v) is 9.23. The molecule has 0 aromatic rings. The monoisotopic (exact) mass is 249 g/mol. The van der Waals surface area contributed by atoms with Gasteiger partial charge in [0.1, 0.15) is 6.04 Å². The zero-order valence-electron chi connectivity index (χ0n) is 9.23. The lowest BCUT2D eigenvalue weighted by Gasteiger charge is -2.39. The lowest BCUT2D eigenvalue weighted by molar-refractivity contribution is -0.199. The van der Waals surface area contributed by atoms with Gasteiger partial charge in [-0.2, -0.15) is 8.78 Å². The van der Waals surface area contributed by atoms with E-state index < -0.39 is 18.8 Å². The van der Waals surface area contributed by atoms with E-state index in [2.05, 4.69) is 10.1 Å². The van der Waals surface area contributed by atoms with Crippen molar-refractivity contribution in [3.63, 3.8) is 0 Å². The van der Waals surface area contributed by atoms with Crippen molar-refractivity contribution in [1.82, 2.24) is 15.1 Å². The summed E-state index contributed by atoms with van der Waals surface area (Å²) in [7, 11) is 1.58. The molecule has 2 heterocycles. The minimum Gasteiger partial charge on any atom is -0.335 e. The molecule has 1 unspecified atom stereocenters. The van der Waals surface area contributed by atoms with Crippen molar-refractivity contribution in [2.45, 2.75) is 18.8 Å². The van der Waals surface area contributed by atoms with Crippen LogP contribution >= 0.6 is 0 Å². The second-order valence-corrected chi connectivity index (χ2v) is 4.14. The molecule has 2 aliphatic heterocycles. The molecule has 2 saturated heterocycles. The topological polar surface area (TPSA) is 61.9 Å². The number of nitrogens with one attached hydrogen (secondary N) is 1. The first-order valence-electron chi connectivity index (χ1n) is 5.21. The summed E-state index contributed by atoms with van der Waals surface area (Å²) in [6.45, 7) is -2.21. The van der Waals surface area contributed by atoms with Crippen molar-refractivity contribution < 1.29 is 23.1 Å². The second kappa shape index (κ2) is 4.44. The molecule has 8 heteroatoms. The molecule has 0 aromatic carbocycles. The van der Waals surface area contributed by atoms with E-state index >= 15 is 0 Å². The number of hydrogen-bond donors (Lipinski definition) is 1. The number of halogens is 2. The fraction of sp³-hybridized carbons (Fsp3) is 0.778. The van der Waals surface area contributed by atoms with Crippen molar-refractivity contribution in [3.05, 3.63) is 0 Å². The molecule has 3 amide bonds. The van der Waals surface area contributed by atoms with Crippen molar-refractivity contribution in [3.8, 4) is 0 Å². The number of alkyl halides is 2. The zero-order chi connectivity index (χ0) is 12.6. The Balaban J connectivity index is 1.78. The summed E-state index contributed by atoms with van der Waals surface area (Å²) < 4.78 is 27.9. The number of likely N-dealkylation sites (tertiary alicyclic amines) is 1. The maximum Gasteiger partial charge on any atom is 0.345 e. The van der Waals surface area contributed by atoms with E-state index in [1.165, 1.54) is 9.80 Å². The molecule has 96 valence electrons. The molecule has 0 saturated carbocycles. The van der Waals surface area contributed by atoms with Crippen LogP contribution in [0.1, 0.15) is 0 Å². The van der Waals surface area contributed by atoms with Crippen molar-refractivity contribution in [2.75, 3.05) is 26.7 Å². The maximum atomic E-state index is 11.8. The maximum absolute atomic E-state index is 11.8. The van der Waals surface area contributed by atoms with Gasteiger partial charge in [-0.3, -0.25) is 4.79 Å². The van der Waals surface area contributed by atoms with E-state index in [1.807, 2.05) is 0 Å². The number of amides is 3. The summed E-state index contributed by atoms with van der Waals surface area (Å²) in [5.41, 5.74) is 0. The fourth-order valence-corrected chi connectivity index (χ4v) is 1.87. The van der Waals surface area contributed by atoms with Gasteiger partial charge in [0.15, 0.2) is 0 Å². The number of likely N-dealkylation sites (N-methyl/N-ethyl adjacent to an activating group) is 1. The summed E-state index contributed by atoms with van der Waals surface area (Å²) in [6, 6.07) is -0.885. The van der Waals surface area contributed by atoms with Crippen LogP contribution < -0.4 is 5.32 Å². The SMILES string of the molecule is CN1CC(C(=O)N2CC(OC(F)F)C2)NC1=O. The lowest BCUT2D eigenvalue weighted by atomic mass is 10.1. The van der Waals surface area contributed by atoms with Gasteiger partial charge in [0.2, 0.25) is 5.91 Å². The van der Waals surface area contributed by atoms with E-state index in [9.17, 15) is 18.4 Å². The standard InChI is InChI=1S/C9H13F2N3O3/c1-13-4-6(12-9(13)16)7(15)14-2-5(3-14)17-8(10)11/h5-6,8H,2-4H2,1H3,(H,12,16). The van der Waals surface area contributed by atoms with E-state index in [-0.39, 0.29) is 25.0 Å². The van der Waals surface area contributed by atoms with Gasteiger partial charge in [0, 0.05) is 20.1 Å². The Morgan fingerprint density at radius 1 is 1.47 bits per heavy atom. The molecule has 0 aliphatic carbocycles. The third-order valence-corrected chi connectivity index (χ3v) is 2.85. The van der Waals surface area contributed by atoms with Crippen molar-refractivity contribution >= 4 is 11.9 Å². The summed E-state index contributed by atoms with van der Waals surface area (Å²) >= 11 is 0. The molecule has 1 atom stereocenters. The van der Waals surface area contributed by atoms with Gasteiger partial charge in [-0.25, -0.2) is 4.79 Å². The van der Waals surface area contributed by atoms with E-state index in [0.29, 0.717) is 6.54 Å². The Hall–Kier alpha value is -1.44. The minimum atomic E-state index is -2.81. The van der Waals surface area contributed by atoms with Crippen LogP contribution in [0.4, 0.5) is 13.6 Å². The van der Waals surface area contributed by atoms with Gasteiger partial charge in [0.25, 0.3) is 0 Å². The van der Waals surface area contributed by atoms with Gasteiger partial charge in [-0.15, -0.1) is 0 Å². The fourth-order valence-electron chi connectivity index (χ4n) is 1.87. The normalized spacial score (nSPS) is 25.2. The Kier molecular flexibility index (Phi) is 3.14. The molecule has 6 nitrogen and oxygen atoms in total. The molecule has 2 aliphatic rings. The largest absolute Gasteiger partial charge is 0.345 e. The predicted molar refractivity (Wildman–Crippen MR) is 52.4 cm³/mol. The quantitative estimate of drug-likeness (QED) is 0.730. The van der Waals surface area contributed by atoms with Gasteiger partial charge in [-0.05, 0) is 0 Å². The highest BCUT2D eigenvalue weighted by Crippen LogP contribution is 2.17. The number of urea groups is 1. The Labute approximate surface area is 96.5 Å². The molecule has 1 N–H and O–H groups in total. The molecule has 0 aromatic heterocycles. The van der Waals surface area contributed by atoms with Crippen molar-refractivity contribution in [1.29, 1.82) is 0 Å². The van der Waals surface area contributed by atoms with Gasteiger partial charge in [0.05, 0.1) is 12.6 Å². The molecular formula is C9H13F2N3O3. The van der Waals surface area contributed by atoms with E-state index in [0.717, 1.165) is 0 Å². The number of ether oxygens (including phenoxy) is 1. The molecular weight excluding hydrogens is 236 g/mol.